The number of rotatable bonds is 3. The van der Waals surface area contributed by atoms with Crippen molar-refractivity contribution in [2.45, 2.75) is 18.6 Å². The van der Waals surface area contributed by atoms with Crippen LogP contribution in [0.5, 0.6) is 0 Å². The van der Waals surface area contributed by atoms with Gasteiger partial charge in [-0.25, -0.2) is 9.97 Å². The fourth-order valence-corrected chi connectivity index (χ4v) is 3.24. The molecule has 0 radical (unpaired) electrons. The van der Waals surface area contributed by atoms with Gasteiger partial charge in [-0.3, -0.25) is 0 Å². The molecule has 0 bridgehead atoms. The lowest BCUT2D eigenvalue weighted by atomic mass is 10.0. The maximum Gasteiger partial charge on any atom is 0.223 e. The molecule has 4 N–H and O–H groups in total. The van der Waals surface area contributed by atoms with Gasteiger partial charge in [0.25, 0.3) is 0 Å². The average molecular weight is 344 g/mol. The zero-order valence-electron chi connectivity index (χ0n) is 13.0. The highest BCUT2D eigenvalue weighted by molar-refractivity contribution is 6.33. The average Bonchev–Trinajstić information content (AvgIpc) is 3.02. The van der Waals surface area contributed by atoms with Gasteiger partial charge in [-0.15, -0.1) is 0 Å². The quantitative estimate of drug-likeness (QED) is 0.587. The Labute approximate surface area is 144 Å². The van der Waals surface area contributed by atoms with Gasteiger partial charge in [0.15, 0.2) is 0 Å². The van der Waals surface area contributed by atoms with Gasteiger partial charge in [-0.05, 0) is 19.0 Å². The molecular weight excluding hydrogens is 326 g/mol. The van der Waals surface area contributed by atoms with Crippen LogP contribution in [-0.2, 0) is 0 Å². The summed E-state index contributed by atoms with van der Waals surface area (Å²) in [5.41, 5.74) is 2.64. The number of H-pyrrole nitrogens is 1. The summed E-state index contributed by atoms with van der Waals surface area (Å²) < 4.78 is 0. The number of nitrogens with one attached hydrogen (secondary N) is 3. The van der Waals surface area contributed by atoms with E-state index in [1.54, 1.807) is 6.20 Å². The fraction of sp³-hybridized carbons (Fsp3) is 0.294. The summed E-state index contributed by atoms with van der Waals surface area (Å²) in [7, 11) is 0. The Morgan fingerprint density at radius 1 is 1.29 bits per heavy atom. The van der Waals surface area contributed by atoms with Crippen molar-refractivity contribution >= 4 is 28.5 Å². The van der Waals surface area contributed by atoms with E-state index in [0.29, 0.717) is 29.6 Å². The lowest BCUT2D eigenvalue weighted by Gasteiger charge is -2.29. The van der Waals surface area contributed by atoms with Crippen LogP contribution < -0.4 is 10.6 Å². The summed E-state index contributed by atoms with van der Waals surface area (Å²) in [4.78, 5) is 12.1. The summed E-state index contributed by atoms with van der Waals surface area (Å²) in [5, 5.41) is 18.1. The maximum absolute atomic E-state index is 10.1. The summed E-state index contributed by atoms with van der Waals surface area (Å²) >= 11 is 6.33. The van der Waals surface area contributed by atoms with Crippen LogP contribution in [-0.4, -0.2) is 45.3 Å². The van der Waals surface area contributed by atoms with Crippen molar-refractivity contribution in [1.82, 2.24) is 20.3 Å². The van der Waals surface area contributed by atoms with Gasteiger partial charge in [-0.1, -0.05) is 29.8 Å². The first-order valence-electron chi connectivity index (χ1n) is 7.97. The van der Waals surface area contributed by atoms with Gasteiger partial charge in [0, 0.05) is 29.2 Å². The van der Waals surface area contributed by atoms with E-state index in [0.717, 1.165) is 23.0 Å². The molecule has 1 aliphatic heterocycles. The van der Waals surface area contributed by atoms with E-state index < -0.39 is 6.10 Å². The number of aromatic nitrogens is 3. The molecule has 0 unspecified atom stereocenters. The van der Waals surface area contributed by atoms with Crippen LogP contribution in [0.25, 0.3) is 22.2 Å². The Bertz CT molecular complexity index is 865. The molecule has 0 spiro atoms. The zero-order chi connectivity index (χ0) is 16.5. The van der Waals surface area contributed by atoms with E-state index in [1.165, 1.54) is 0 Å². The number of anilines is 1. The van der Waals surface area contributed by atoms with Crippen LogP contribution >= 0.6 is 11.6 Å². The van der Waals surface area contributed by atoms with Gasteiger partial charge in [-0.2, -0.15) is 0 Å². The number of nitrogens with zero attached hydrogens (tertiary/aromatic N) is 2. The smallest absolute Gasteiger partial charge is 0.223 e. The first-order chi connectivity index (χ1) is 11.7. The van der Waals surface area contributed by atoms with E-state index in [2.05, 4.69) is 25.6 Å². The lowest BCUT2D eigenvalue weighted by Crippen LogP contribution is -2.48. The normalized spacial score (nSPS) is 21.1. The van der Waals surface area contributed by atoms with Gasteiger partial charge < -0.3 is 20.7 Å². The number of hydrogen-bond donors (Lipinski definition) is 4. The highest BCUT2D eigenvalue weighted by Crippen LogP contribution is 2.32. The van der Waals surface area contributed by atoms with Crippen LogP contribution in [0.1, 0.15) is 6.42 Å². The third kappa shape index (κ3) is 2.84. The second kappa shape index (κ2) is 6.39. The van der Waals surface area contributed by atoms with Crippen LogP contribution in [0.4, 0.5) is 5.95 Å². The molecule has 3 aromatic rings. The minimum absolute atomic E-state index is 0.115. The number of hydrogen-bond acceptors (Lipinski definition) is 5. The molecule has 124 valence electrons. The highest BCUT2D eigenvalue weighted by Gasteiger charge is 2.23. The Hall–Kier alpha value is -2.15. The number of para-hydroxylation sites is 1. The standard InChI is InChI=1S/C17H18ClN5O/c18-12-8-21-17(22-14-9-19-6-5-15(14)24)23-16(12)11-7-20-13-4-2-1-3-10(11)13/h1-4,7-8,14-15,19-20,24H,5-6,9H2,(H,21,22,23)/t14-,15-/m1/s1. The first-order valence-corrected chi connectivity index (χ1v) is 8.34. The molecule has 1 fully saturated rings. The van der Waals surface area contributed by atoms with Crippen LogP contribution in [0, 0.1) is 0 Å². The maximum atomic E-state index is 10.1. The molecule has 7 heteroatoms. The van der Waals surface area contributed by atoms with Crippen molar-refractivity contribution in [2.24, 2.45) is 0 Å². The number of aliphatic hydroxyl groups excluding tert-OH is 1. The van der Waals surface area contributed by atoms with Crippen LogP contribution in [0.15, 0.2) is 36.7 Å². The molecule has 3 heterocycles. The molecular formula is C17H18ClN5O. The number of benzene rings is 1. The van der Waals surface area contributed by atoms with Gasteiger partial charge >= 0.3 is 0 Å². The van der Waals surface area contributed by atoms with Gasteiger partial charge in [0.2, 0.25) is 5.95 Å². The van der Waals surface area contributed by atoms with Crippen molar-refractivity contribution in [2.75, 3.05) is 18.4 Å². The van der Waals surface area contributed by atoms with Crippen molar-refractivity contribution in [3.63, 3.8) is 0 Å². The minimum Gasteiger partial charge on any atom is -0.391 e. The topological polar surface area (TPSA) is 85.9 Å². The lowest BCUT2D eigenvalue weighted by molar-refractivity contribution is 0.124. The SMILES string of the molecule is O[C@@H]1CCNC[C@H]1Nc1ncc(Cl)c(-c2c[nH]c3ccccc23)n1. The molecule has 0 aliphatic carbocycles. The molecule has 1 aromatic carbocycles. The van der Waals surface area contributed by atoms with E-state index in [4.69, 9.17) is 11.6 Å². The molecule has 6 nitrogen and oxygen atoms in total. The van der Waals surface area contributed by atoms with Crippen molar-refractivity contribution in [3.8, 4) is 11.3 Å². The highest BCUT2D eigenvalue weighted by atomic mass is 35.5. The monoisotopic (exact) mass is 343 g/mol. The molecule has 1 aliphatic rings. The van der Waals surface area contributed by atoms with E-state index in [9.17, 15) is 5.11 Å². The number of fused-ring (bicyclic) bond motifs is 1. The Morgan fingerprint density at radius 2 is 2.17 bits per heavy atom. The van der Waals surface area contributed by atoms with Gasteiger partial charge in [0.1, 0.15) is 0 Å². The van der Waals surface area contributed by atoms with Crippen LogP contribution in [0.3, 0.4) is 0 Å². The molecule has 24 heavy (non-hydrogen) atoms. The Morgan fingerprint density at radius 3 is 3.04 bits per heavy atom. The van der Waals surface area contributed by atoms with E-state index in [-0.39, 0.29) is 6.04 Å². The summed E-state index contributed by atoms with van der Waals surface area (Å²) in [6, 6.07) is 7.89. The number of aliphatic hydroxyl groups is 1. The molecule has 4 rings (SSSR count). The zero-order valence-corrected chi connectivity index (χ0v) is 13.7. The summed E-state index contributed by atoms with van der Waals surface area (Å²) in [5.74, 6) is 0.465. The molecule has 0 saturated carbocycles. The number of piperidine rings is 1. The predicted octanol–water partition coefficient (Wildman–Crippen LogP) is 2.41. The minimum atomic E-state index is -0.415. The molecule has 0 amide bonds. The number of aromatic amines is 1. The molecule has 2 atom stereocenters. The van der Waals surface area contributed by atoms with Crippen molar-refractivity contribution in [1.29, 1.82) is 0 Å². The summed E-state index contributed by atoms with van der Waals surface area (Å²) in [6.07, 6.45) is 3.79. The number of halogens is 1. The van der Waals surface area contributed by atoms with Crippen molar-refractivity contribution < 1.29 is 5.11 Å². The third-order valence-electron chi connectivity index (χ3n) is 4.35. The Balaban J connectivity index is 1.69. The third-order valence-corrected chi connectivity index (χ3v) is 4.63. The van der Waals surface area contributed by atoms with E-state index >= 15 is 0 Å². The Kier molecular flexibility index (Phi) is 4.10. The molecule has 1 saturated heterocycles. The van der Waals surface area contributed by atoms with Gasteiger partial charge in [0.05, 0.1) is 29.1 Å². The second-order valence-corrected chi connectivity index (χ2v) is 6.36. The second-order valence-electron chi connectivity index (χ2n) is 5.95. The summed E-state index contributed by atoms with van der Waals surface area (Å²) in [6.45, 7) is 1.50. The van der Waals surface area contributed by atoms with E-state index in [1.807, 2.05) is 30.5 Å². The van der Waals surface area contributed by atoms with Crippen molar-refractivity contribution in [3.05, 3.63) is 41.7 Å². The molecule has 2 aromatic heterocycles. The fourth-order valence-electron chi connectivity index (χ4n) is 3.05. The predicted molar refractivity (Wildman–Crippen MR) is 95.2 cm³/mol. The van der Waals surface area contributed by atoms with Crippen LogP contribution in [0.2, 0.25) is 5.02 Å². The first kappa shape index (κ1) is 15.4. The largest absolute Gasteiger partial charge is 0.391 e.